The van der Waals surface area contributed by atoms with Gasteiger partial charge in [-0.25, -0.2) is 9.97 Å². The average Bonchev–Trinajstić information content (AvgIpc) is 3.28. The van der Waals surface area contributed by atoms with Crippen molar-refractivity contribution in [3.8, 4) is 16.5 Å². The maximum Gasteiger partial charge on any atom is 0.263 e. The summed E-state index contributed by atoms with van der Waals surface area (Å²) >= 11 is 1.38. The van der Waals surface area contributed by atoms with Crippen molar-refractivity contribution < 1.29 is 9.53 Å². The molecule has 2 aromatic carbocycles. The lowest BCUT2D eigenvalue weighted by Crippen LogP contribution is -2.21. The largest absolute Gasteiger partial charge is 0.473 e. The molecular weight excluding hydrogens is 382 g/mol. The van der Waals surface area contributed by atoms with Crippen LogP contribution < -0.4 is 10.1 Å². The van der Waals surface area contributed by atoms with Crippen LogP contribution in [0.15, 0.2) is 85.2 Å². The molecule has 1 N–H and O–H groups in total. The molecule has 4 aromatic rings. The Labute approximate surface area is 173 Å². The summed E-state index contributed by atoms with van der Waals surface area (Å²) in [6.07, 6.45) is 3.30. The molecule has 2 heterocycles. The van der Waals surface area contributed by atoms with E-state index in [0.717, 1.165) is 21.7 Å². The zero-order chi connectivity index (χ0) is 19.9. The first-order chi connectivity index (χ1) is 14.3. The first kappa shape index (κ1) is 18.8. The molecule has 2 aromatic heterocycles. The molecule has 4 rings (SSSR count). The zero-order valence-electron chi connectivity index (χ0n) is 15.6. The molecule has 0 bridgehead atoms. The smallest absolute Gasteiger partial charge is 0.263 e. The van der Waals surface area contributed by atoms with E-state index in [9.17, 15) is 4.79 Å². The van der Waals surface area contributed by atoms with E-state index in [1.807, 2.05) is 72.8 Å². The van der Waals surface area contributed by atoms with E-state index < -0.39 is 0 Å². The van der Waals surface area contributed by atoms with Gasteiger partial charge in [0, 0.05) is 24.4 Å². The van der Waals surface area contributed by atoms with Crippen LogP contribution in [0.3, 0.4) is 0 Å². The first-order valence-electron chi connectivity index (χ1n) is 9.19. The third-order valence-electron chi connectivity index (χ3n) is 4.23. The van der Waals surface area contributed by atoms with E-state index in [0.29, 0.717) is 23.9 Å². The number of pyridine rings is 1. The fourth-order valence-corrected chi connectivity index (χ4v) is 3.57. The molecule has 6 heteroatoms. The fourth-order valence-electron chi connectivity index (χ4n) is 2.73. The third kappa shape index (κ3) is 5.06. The second-order valence-corrected chi connectivity index (χ2v) is 7.39. The van der Waals surface area contributed by atoms with Gasteiger partial charge in [0.25, 0.3) is 5.91 Å². The number of carbonyl (C=O) groups excluding carboxylic acids is 1. The van der Waals surface area contributed by atoms with Crippen molar-refractivity contribution >= 4 is 17.2 Å². The van der Waals surface area contributed by atoms with E-state index in [1.54, 1.807) is 12.4 Å². The SMILES string of the molecule is O=C(NCc1ccnc(OCc2ccccc2)c1)c1cnc(-c2ccccc2)s1. The predicted octanol–water partition coefficient (Wildman–Crippen LogP) is 4.71. The summed E-state index contributed by atoms with van der Waals surface area (Å²) in [4.78, 5) is 21.6. The van der Waals surface area contributed by atoms with Crippen LogP contribution >= 0.6 is 11.3 Å². The van der Waals surface area contributed by atoms with E-state index >= 15 is 0 Å². The van der Waals surface area contributed by atoms with Crippen LogP contribution in [0.4, 0.5) is 0 Å². The third-order valence-corrected chi connectivity index (χ3v) is 5.28. The number of hydrogen-bond acceptors (Lipinski definition) is 5. The van der Waals surface area contributed by atoms with Gasteiger partial charge >= 0.3 is 0 Å². The summed E-state index contributed by atoms with van der Waals surface area (Å²) in [5.41, 5.74) is 3.00. The van der Waals surface area contributed by atoms with Crippen LogP contribution in [0.2, 0.25) is 0 Å². The van der Waals surface area contributed by atoms with Gasteiger partial charge < -0.3 is 10.1 Å². The Morgan fingerprint density at radius 2 is 1.69 bits per heavy atom. The summed E-state index contributed by atoms with van der Waals surface area (Å²) in [6.45, 7) is 0.842. The second-order valence-electron chi connectivity index (χ2n) is 6.35. The Hall–Kier alpha value is -3.51. The van der Waals surface area contributed by atoms with Crippen molar-refractivity contribution in [2.24, 2.45) is 0 Å². The lowest BCUT2D eigenvalue weighted by Gasteiger charge is -2.08. The minimum absolute atomic E-state index is 0.145. The highest BCUT2D eigenvalue weighted by Gasteiger charge is 2.11. The Morgan fingerprint density at radius 1 is 0.931 bits per heavy atom. The molecule has 0 aliphatic carbocycles. The van der Waals surface area contributed by atoms with Crippen LogP contribution in [0.1, 0.15) is 20.8 Å². The van der Waals surface area contributed by atoms with E-state index in [-0.39, 0.29) is 5.91 Å². The summed E-state index contributed by atoms with van der Waals surface area (Å²) < 4.78 is 5.74. The van der Waals surface area contributed by atoms with Crippen LogP contribution in [-0.2, 0) is 13.2 Å². The lowest BCUT2D eigenvalue weighted by atomic mass is 10.2. The number of nitrogens with zero attached hydrogens (tertiary/aromatic N) is 2. The number of amides is 1. The van der Waals surface area contributed by atoms with E-state index in [2.05, 4.69) is 15.3 Å². The fraction of sp³-hybridized carbons (Fsp3) is 0.0870. The zero-order valence-corrected chi connectivity index (χ0v) is 16.4. The molecule has 0 fully saturated rings. The van der Waals surface area contributed by atoms with Crippen molar-refractivity contribution in [1.82, 2.24) is 15.3 Å². The number of hydrogen-bond donors (Lipinski definition) is 1. The van der Waals surface area contributed by atoms with Gasteiger partial charge in [0.05, 0.1) is 6.20 Å². The van der Waals surface area contributed by atoms with Crippen molar-refractivity contribution in [1.29, 1.82) is 0 Å². The van der Waals surface area contributed by atoms with Gasteiger partial charge in [-0.1, -0.05) is 60.7 Å². The molecule has 5 nitrogen and oxygen atoms in total. The molecule has 0 spiro atoms. The molecular formula is C23H19N3O2S. The highest BCUT2D eigenvalue weighted by Crippen LogP contribution is 2.24. The predicted molar refractivity (Wildman–Crippen MR) is 114 cm³/mol. The molecule has 0 unspecified atom stereocenters. The second kappa shape index (κ2) is 9.12. The number of rotatable bonds is 7. The van der Waals surface area contributed by atoms with Crippen molar-refractivity contribution in [2.45, 2.75) is 13.2 Å². The van der Waals surface area contributed by atoms with Crippen LogP contribution in [0.25, 0.3) is 10.6 Å². The molecule has 0 saturated heterocycles. The molecule has 29 heavy (non-hydrogen) atoms. The molecule has 0 saturated carbocycles. The summed E-state index contributed by atoms with van der Waals surface area (Å²) in [5, 5.41) is 3.76. The monoisotopic (exact) mass is 401 g/mol. The highest BCUT2D eigenvalue weighted by atomic mass is 32.1. The lowest BCUT2D eigenvalue weighted by molar-refractivity contribution is 0.0954. The number of thiazole rings is 1. The van der Waals surface area contributed by atoms with Crippen LogP contribution in [0.5, 0.6) is 5.88 Å². The molecule has 0 atom stereocenters. The van der Waals surface area contributed by atoms with Crippen molar-refractivity contribution in [3.05, 3.63) is 101 Å². The molecule has 1 amide bonds. The highest BCUT2D eigenvalue weighted by molar-refractivity contribution is 7.16. The molecule has 0 radical (unpaired) electrons. The Kier molecular flexibility index (Phi) is 5.92. The minimum atomic E-state index is -0.145. The number of aromatic nitrogens is 2. The van der Waals surface area contributed by atoms with Crippen molar-refractivity contribution in [3.63, 3.8) is 0 Å². The van der Waals surface area contributed by atoms with Gasteiger partial charge in [0.1, 0.15) is 16.5 Å². The van der Waals surface area contributed by atoms with Crippen LogP contribution in [0, 0.1) is 0 Å². The quantitative estimate of drug-likeness (QED) is 0.487. The first-order valence-corrected chi connectivity index (χ1v) is 10.0. The molecule has 144 valence electrons. The number of nitrogens with one attached hydrogen (secondary N) is 1. The summed E-state index contributed by atoms with van der Waals surface area (Å²) in [5.74, 6) is 0.387. The van der Waals surface area contributed by atoms with Gasteiger partial charge in [-0.15, -0.1) is 11.3 Å². The normalized spacial score (nSPS) is 10.5. The summed E-state index contributed by atoms with van der Waals surface area (Å²) in [6, 6.07) is 23.4. The van der Waals surface area contributed by atoms with Gasteiger partial charge in [0.2, 0.25) is 5.88 Å². The Morgan fingerprint density at radius 3 is 2.48 bits per heavy atom. The van der Waals surface area contributed by atoms with Crippen molar-refractivity contribution in [2.75, 3.05) is 0 Å². The molecule has 0 aliphatic rings. The average molecular weight is 401 g/mol. The summed E-state index contributed by atoms with van der Waals surface area (Å²) in [7, 11) is 0. The van der Waals surface area contributed by atoms with Crippen LogP contribution in [-0.4, -0.2) is 15.9 Å². The van der Waals surface area contributed by atoms with E-state index in [1.165, 1.54) is 11.3 Å². The van der Waals surface area contributed by atoms with Gasteiger partial charge in [0.15, 0.2) is 0 Å². The minimum Gasteiger partial charge on any atom is -0.473 e. The molecule has 0 aliphatic heterocycles. The number of benzene rings is 2. The Balaban J connectivity index is 1.34. The number of carbonyl (C=O) groups is 1. The maximum absolute atomic E-state index is 12.5. The van der Waals surface area contributed by atoms with Gasteiger partial charge in [-0.3, -0.25) is 4.79 Å². The van der Waals surface area contributed by atoms with Gasteiger partial charge in [-0.2, -0.15) is 0 Å². The number of ether oxygens (including phenoxy) is 1. The topological polar surface area (TPSA) is 64.1 Å². The Bertz CT molecular complexity index is 1080. The standard InChI is InChI=1S/C23H19N3O2S/c27-22(20-15-26-23(29-20)19-9-5-2-6-10-19)25-14-18-11-12-24-21(13-18)28-16-17-7-3-1-4-8-17/h1-13,15H,14,16H2,(H,25,27). The maximum atomic E-state index is 12.5. The van der Waals surface area contributed by atoms with E-state index in [4.69, 9.17) is 4.74 Å². The van der Waals surface area contributed by atoms with Gasteiger partial charge in [-0.05, 0) is 17.2 Å².